The van der Waals surface area contributed by atoms with Gasteiger partial charge in [0.25, 0.3) is 0 Å². The summed E-state index contributed by atoms with van der Waals surface area (Å²) < 4.78 is 12.8. The third kappa shape index (κ3) is 5.09. The molecule has 130 valence electrons. The molecule has 1 saturated carbocycles. The largest absolute Gasteiger partial charge is 0.207 e. The quantitative estimate of drug-likeness (QED) is 0.475. The molecule has 3 heteroatoms. The van der Waals surface area contributed by atoms with Gasteiger partial charge in [0.05, 0.1) is 12.4 Å². The molecule has 2 aromatic rings. The van der Waals surface area contributed by atoms with Crippen LogP contribution in [0.1, 0.15) is 61.6 Å². The van der Waals surface area contributed by atoms with Crippen LogP contribution in [-0.2, 0) is 0 Å². The highest BCUT2D eigenvalue weighted by atomic mass is 19.1. The van der Waals surface area contributed by atoms with Crippen LogP contribution in [0.3, 0.4) is 0 Å². The Morgan fingerprint density at radius 3 is 1.88 bits per heavy atom. The third-order valence-electron chi connectivity index (χ3n) is 5.18. The number of rotatable bonds is 5. The number of benzene rings is 2. The molecule has 0 radical (unpaired) electrons. The van der Waals surface area contributed by atoms with Gasteiger partial charge in [-0.15, -0.1) is 0 Å². The summed E-state index contributed by atoms with van der Waals surface area (Å²) in [6, 6.07) is 14.8. The van der Waals surface area contributed by atoms with Crippen LogP contribution in [0.5, 0.6) is 0 Å². The summed E-state index contributed by atoms with van der Waals surface area (Å²) >= 11 is 0. The lowest BCUT2D eigenvalue weighted by Gasteiger charge is -2.28. The van der Waals surface area contributed by atoms with Crippen molar-refractivity contribution in [3.8, 4) is 0 Å². The molecule has 2 nitrogen and oxygen atoms in total. The molecule has 0 bridgehead atoms. The summed E-state index contributed by atoms with van der Waals surface area (Å²) in [6.45, 7) is 2.30. The molecule has 0 aromatic heterocycles. The second-order valence-corrected chi connectivity index (χ2v) is 6.83. The van der Waals surface area contributed by atoms with Crippen LogP contribution >= 0.6 is 0 Å². The molecule has 0 heterocycles. The summed E-state index contributed by atoms with van der Waals surface area (Å²) in [6.07, 6.45) is 10.0. The van der Waals surface area contributed by atoms with Gasteiger partial charge >= 0.3 is 0 Å². The first-order valence-electron chi connectivity index (χ1n) is 9.16. The van der Waals surface area contributed by atoms with Gasteiger partial charge in [-0.3, -0.25) is 0 Å². The Kier molecular flexibility index (Phi) is 6.10. The number of hydrogen-bond acceptors (Lipinski definition) is 2. The lowest BCUT2D eigenvalue weighted by atomic mass is 9.78. The predicted octanol–water partition coefficient (Wildman–Crippen LogP) is 5.96. The van der Waals surface area contributed by atoms with Crippen molar-refractivity contribution < 1.29 is 4.39 Å². The standard InChI is InChI=1S/C22H25FN2/c1-2-17-3-9-20(10-4-17)21-11-5-18(6-12-21)15-24-25-16-19-7-13-22(23)14-8-19/h5-8,11-17,20H,2-4,9-10H2,1H3. The Hall–Kier alpha value is -2.29. The zero-order valence-corrected chi connectivity index (χ0v) is 14.7. The minimum absolute atomic E-state index is 0.246. The van der Waals surface area contributed by atoms with Crippen LogP contribution in [0.4, 0.5) is 4.39 Å². The Labute approximate surface area is 149 Å². The number of nitrogens with zero attached hydrogens (tertiary/aromatic N) is 2. The van der Waals surface area contributed by atoms with E-state index in [2.05, 4.69) is 41.4 Å². The molecule has 2 aromatic carbocycles. The average Bonchev–Trinajstić information content (AvgIpc) is 2.67. The van der Waals surface area contributed by atoms with E-state index in [1.165, 1.54) is 49.8 Å². The summed E-state index contributed by atoms with van der Waals surface area (Å²) in [5.41, 5.74) is 3.32. The van der Waals surface area contributed by atoms with Gasteiger partial charge in [-0.2, -0.15) is 10.2 Å². The molecule has 0 N–H and O–H groups in total. The summed E-state index contributed by atoms with van der Waals surface area (Å²) in [7, 11) is 0. The van der Waals surface area contributed by atoms with Crippen LogP contribution in [-0.4, -0.2) is 12.4 Å². The fourth-order valence-corrected chi connectivity index (χ4v) is 3.51. The zero-order chi connectivity index (χ0) is 17.5. The highest BCUT2D eigenvalue weighted by Crippen LogP contribution is 2.36. The van der Waals surface area contributed by atoms with Gasteiger partial charge in [0.15, 0.2) is 0 Å². The van der Waals surface area contributed by atoms with E-state index in [0.29, 0.717) is 5.92 Å². The zero-order valence-electron chi connectivity index (χ0n) is 14.7. The predicted molar refractivity (Wildman–Crippen MR) is 103 cm³/mol. The van der Waals surface area contributed by atoms with Crippen molar-refractivity contribution in [2.24, 2.45) is 16.1 Å². The minimum Gasteiger partial charge on any atom is -0.207 e. The minimum atomic E-state index is -0.246. The Morgan fingerprint density at radius 2 is 1.36 bits per heavy atom. The smallest absolute Gasteiger partial charge is 0.123 e. The van der Waals surface area contributed by atoms with Crippen molar-refractivity contribution >= 4 is 12.4 Å². The molecule has 0 amide bonds. The van der Waals surface area contributed by atoms with Gasteiger partial charge in [0.2, 0.25) is 0 Å². The maximum absolute atomic E-state index is 12.8. The summed E-state index contributed by atoms with van der Waals surface area (Å²) in [4.78, 5) is 0. The highest BCUT2D eigenvalue weighted by Gasteiger charge is 2.20. The van der Waals surface area contributed by atoms with Crippen LogP contribution in [0, 0.1) is 11.7 Å². The molecule has 1 aliphatic carbocycles. The molecule has 0 aliphatic heterocycles. The van der Waals surface area contributed by atoms with Crippen molar-refractivity contribution in [3.05, 3.63) is 71.0 Å². The first-order chi connectivity index (χ1) is 12.2. The van der Waals surface area contributed by atoms with E-state index in [0.717, 1.165) is 17.0 Å². The van der Waals surface area contributed by atoms with Crippen LogP contribution in [0.25, 0.3) is 0 Å². The molecule has 25 heavy (non-hydrogen) atoms. The van der Waals surface area contributed by atoms with E-state index in [1.54, 1.807) is 24.6 Å². The second kappa shape index (κ2) is 8.70. The lowest BCUT2D eigenvalue weighted by Crippen LogP contribution is -2.12. The van der Waals surface area contributed by atoms with Crippen molar-refractivity contribution in [2.45, 2.75) is 44.9 Å². The van der Waals surface area contributed by atoms with E-state index in [9.17, 15) is 4.39 Å². The van der Waals surface area contributed by atoms with Gasteiger partial charge in [0, 0.05) is 0 Å². The SMILES string of the molecule is CCC1CCC(c2ccc(C=NN=Cc3ccc(F)cc3)cc2)CC1. The van der Waals surface area contributed by atoms with Gasteiger partial charge in [-0.05, 0) is 66.3 Å². The fraction of sp³-hybridized carbons (Fsp3) is 0.364. The lowest BCUT2D eigenvalue weighted by molar-refractivity contribution is 0.319. The topological polar surface area (TPSA) is 24.7 Å². The molecule has 0 atom stereocenters. The normalized spacial score (nSPS) is 21.2. The summed E-state index contributed by atoms with van der Waals surface area (Å²) in [5, 5.41) is 8.09. The first-order valence-corrected chi connectivity index (χ1v) is 9.16. The fourth-order valence-electron chi connectivity index (χ4n) is 3.51. The van der Waals surface area contributed by atoms with Crippen molar-refractivity contribution in [2.75, 3.05) is 0 Å². The Morgan fingerprint density at radius 1 is 0.840 bits per heavy atom. The van der Waals surface area contributed by atoms with Crippen LogP contribution in [0.15, 0.2) is 58.7 Å². The molecule has 0 spiro atoms. The van der Waals surface area contributed by atoms with Crippen LogP contribution in [0.2, 0.25) is 0 Å². The van der Waals surface area contributed by atoms with E-state index in [-0.39, 0.29) is 5.82 Å². The van der Waals surface area contributed by atoms with Gasteiger partial charge in [-0.1, -0.05) is 49.7 Å². The van der Waals surface area contributed by atoms with Gasteiger partial charge in [-0.25, -0.2) is 4.39 Å². The van der Waals surface area contributed by atoms with Gasteiger partial charge in [0.1, 0.15) is 5.82 Å². The monoisotopic (exact) mass is 336 g/mol. The average molecular weight is 336 g/mol. The maximum Gasteiger partial charge on any atom is 0.123 e. The van der Waals surface area contributed by atoms with Gasteiger partial charge < -0.3 is 0 Å². The Balaban J connectivity index is 1.54. The maximum atomic E-state index is 12.8. The van der Waals surface area contributed by atoms with E-state index >= 15 is 0 Å². The molecular weight excluding hydrogens is 311 g/mol. The molecule has 1 aliphatic rings. The molecule has 0 unspecified atom stereocenters. The van der Waals surface area contributed by atoms with E-state index in [4.69, 9.17) is 0 Å². The van der Waals surface area contributed by atoms with E-state index in [1.807, 2.05) is 0 Å². The number of hydrogen-bond donors (Lipinski definition) is 0. The Bertz CT molecular complexity index is 709. The highest BCUT2D eigenvalue weighted by molar-refractivity contribution is 5.82. The van der Waals surface area contributed by atoms with Crippen LogP contribution < -0.4 is 0 Å². The summed E-state index contributed by atoms with van der Waals surface area (Å²) in [5.74, 6) is 1.40. The molecule has 3 rings (SSSR count). The van der Waals surface area contributed by atoms with Crippen molar-refractivity contribution in [1.82, 2.24) is 0 Å². The molecule has 1 fully saturated rings. The molecule has 0 saturated heterocycles. The third-order valence-corrected chi connectivity index (χ3v) is 5.18. The van der Waals surface area contributed by atoms with Crippen molar-refractivity contribution in [3.63, 3.8) is 0 Å². The number of halogens is 1. The van der Waals surface area contributed by atoms with E-state index < -0.39 is 0 Å². The molecular formula is C22H25FN2. The second-order valence-electron chi connectivity index (χ2n) is 6.83. The first kappa shape index (κ1) is 17.5. The van der Waals surface area contributed by atoms with Crippen molar-refractivity contribution in [1.29, 1.82) is 0 Å².